The third-order valence-electron chi connectivity index (χ3n) is 7.28. The van der Waals surface area contributed by atoms with Crippen LogP contribution in [-0.2, 0) is 6.54 Å². The highest BCUT2D eigenvalue weighted by molar-refractivity contribution is 5.59. The van der Waals surface area contributed by atoms with E-state index >= 15 is 0 Å². The van der Waals surface area contributed by atoms with E-state index in [1.807, 2.05) is 21.7 Å². The summed E-state index contributed by atoms with van der Waals surface area (Å²) in [6, 6.07) is 8.29. The molecule has 3 aromatic rings. The van der Waals surface area contributed by atoms with E-state index in [9.17, 15) is 8.78 Å². The van der Waals surface area contributed by atoms with Gasteiger partial charge < -0.3 is 19.9 Å². The molecule has 2 aliphatic heterocycles. The van der Waals surface area contributed by atoms with Gasteiger partial charge in [-0.3, -0.25) is 0 Å². The maximum absolute atomic E-state index is 13.8. The zero-order valence-corrected chi connectivity index (χ0v) is 19.0. The van der Waals surface area contributed by atoms with Crippen molar-refractivity contribution in [3.8, 4) is 5.88 Å². The van der Waals surface area contributed by atoms with Crippen molar-refractivity contribution in [2.45, 2.75) is 31.8 Å². The van der Waals surface area contributed by atoms with Crippen LogP contribution in [0.1, 0.15) is 19.3 Å². The number of benzene rings is 1. The van der Waals surface area contributed by atoms with Crippen LogP contribution < -0.4 is 19.9 Å². The van der Waals surface area contributed by atoms with Crippen molar-refractivity contribution in [3.63, 3.8) is 0 Å². The van der Waals surface area contributed by atoms with Gasteiger partial charge in [0.15, 0.2) is 11.6 Å². The number of aromatic nitrogens is 4. The maximum Gasteiger partial charge on any atom is 0.244 e. The second-order valence-electron chi connectivity index (χ2n) is 9.29. The number of methoxy groups -OCH3 is 1. The molecular formula is C24H27F2N7O. The highest BCUT2D eigenvalue weighted by Gasteiger charge is 2.43. The van der Waals surface area contributed by atoms with Gasteiger partial charge in [-0.15, -0.1) is 5.10 Å². The summed E-state index contributed by atoms with van der Waals surface area (Å²) < 4.78 is 34.4. The monoisotopic (exact) mass is 467 g/mol. The van der Waals surface area contributed by atoms with Crippen molar-refractivity contribution in [2.24, 2.45) is 11.8 Å². The summed E-state index contributed by atoms with van der Waals surface area (Å²) in [4.78, 5) is 13.3. The topological polar surface area (TPSA) is 71.3 Å². The quantitative estimate of drug-likeness (QED) is 0.612. The minimum absolute atomic E-state index is 0.307. The summed E-state index contributed by atoms with van der Waals surface area (Å²) in [7, 11) is 1.64. The molecule has 1 N–H and O–H groups in total. The Balaban J connectivity index is 1.20. The van der Waals surface area contributed by atoms with Crippen molar-refractivity contribution >= 4 is 23.3 Å². The first-order valence-electron chi connectivity index (χ1n) is 11.8. The van der Waals surface area contributed by atoms with Crippen molar-refractivity contribution in [3.05, 3.63) is 48.2 Å². The standard InChI is InChI=1S/C24H27F2N7O/c1-34-21-12-17(7-8-27-21)31-13-15-3-4-16(14-31)22(15)28-23-29-24-32(9-2-10-33(24)30-23)18-5-6-19(25)20(26)11-18/h5-8,11-12,15-16,22H,2-4,9-10,13-14H2,1H3,(H,28,30)/t15-,16+,22-. The number of rotatable bonds is 5. The van der Waals surface area contributed by atoms with Crippen LogP contribution in [0.25, 0.3) is 0 Å². The molecule has 0 unspecified atom stereocenters. The van der Waals surface area contributed by atoms with Gasteiger partial charge in [0.05, 0.1) is 7.11 Å². The molecule has 3 atom stereocenters. The normalized spacial score (nSPS) is 23.7. The second-order valence-corrected chi connectivity index (χ2v) is 9.29. The summed E-state index contributed by atoms with van der Waals surface area (Å²) in [6.45, 7) is 3.34. The van der Waals surface area contributed by atoms with E-state index in [-0.39, 0.29) is 0 Å². The van der Waals surface area contributed by atoms with Gasteiger partial charge in [-0.05, 0) is 49.3 Å². The molecule has 2 bridgehead atoms. The molecular weight excluding hydrogens is 440 g/mol. The number of nitrogens with zero attached hydrogens (tertiary/aromatic N) is 6. The molecule has 1 saturated carbocycles. The fourth-order valence-corrected chi connectivity index (χ4v) is 5.65. The zero-order valence-electron chi connectivity index (χ0n) is 19.0. The number of pyridine rings is 1. The van der Waals surface area contributed by atoms with E-state index in [4.69, 9.17) is 14.8 Å². The first kappa shape index (κ1) is 21.1. The molecule has 34 heavy (non-hydrogen) atoms. The van der Waals surface area contributed by atoms with Gasteiger partial charge in [-0.25, -0.2) is 18.4 Å². The van der Waals surface area contributed by atoms with Crippen LogP contribution in [0.3, 0.4) is 0 Å². The van der Waals surface area contributed by atoms with Crippen molar-refractivity contribution in [2.75, 3.05) is 41.9 Å². The van der Waals surface area contributed by atoms with Gasteiger partial charge in [0.1, 0.15) is 0 Å². The van der Waals surface area contributed by atoms with E-state index < -0.39 is 11.6 Å². The highest BCUT2D eigenvalue weighted by Crippen LogP contribution is 2.40. The Morgan fingerprint density at radius 2 is 1.82 bits per heavy atom. The zero-order chi connectivity index (χ0) is 23.2. The predicted molar refractivity (Wildman–Crippen MR) is 125 cm³/mol. The number of nitrogens with one attached hydrogen (secondary N) is 1. The molecule has 6 rings (SSSR count). The smallest absolute Gasteiger partial charge is 0.244 e. The van der Waals surface area contributed by atoms with Crippen LogP contribution in [0.5, 0.6) is 5.88 Å². The van der Waals surface area contributed by atoms with E-state index in [2.05, 4.69) is 15.2 Å². The Labute approximate surface area is 196 Å². The average Bonchev–Trinajstić information content (AvgIpc) is 3.36. The number of hydrogen-bond acceptors (Lipinski definition) is 7. The first-order valence-corrected chi connectivity index (χ1v) is 11.8. The van der Waals surface area contributed by atoms with Gasteiger partial charge in [-0.1, -0.05) is 0 Å². The van der Waals surface area contributed by atoms with Crippen LogP contribution >= 0.6 is 0 Å². The Kier molecular flexibility index (Phi) is 5.23. The summed E-state index contributed by atoms with van der Waals surface area (Å²) in [5.74, 6) is 1.16. The van der Waals surface area contributed by atoms with E-state index in [1.54, 1.807) is 19.4 Å². The Bertz CT molecular complexity index is 1190. The van der Waals surface area contributed by atoms with Gasteiger partial charge in [0.2, 0.25) is 17.8 Å². The SMILES string of the molecule is COc1cc(N2C[C@H]3CC[C@@H](C2)[C@@H]3Nc2nc3n(n2)CCCN3c2ccc(F)c(F)c2)ccn1. The van der Waals surface area contributed by atoms with Crippen LogP contribution in [0.15, 0.2) is 36.5 Å². The van der Waals surface area contributed by atoms with Gasteiger partial charge in [0.25, 0.3) is 0 Å². The van der Waals surface area contributed by atoms with Crippen LogP contribution in [-0.4, -0.2) is 52.5 Å². The molecule has 1 saturated heterocycles. The molecule has 0 amide bonds. The third-order valence-corrected chi connectivity index (χ3v) is 7.28. The molecule has 10 heteroatoms. The lowest BCUT2D eigenvalue weighted by atomic mass is 9.92. The Hall–Kier alpha value is -3.43. The number of aryl methyl sites for hydroxylation is 1. The molecule has 1 aliphatic carbocycles. The van der Waals surface area contributed by atoms with Crippen molar-refractivity contribution in [1.82, 2.24) is 19.7 Å². The van der Waals surface area contributed by atoms with Crippen LogP contribution in [0.4, 0.5) is 32.1 Å². The fraction of sp³-hybridized carbons (Fsp3) is 0.458. The second kappa shape index (κ2) is 8.41. The van der Waals surface area contributed by atoms with Gasteiger partial charge in [0, 0.05) is 61.9 Å². The minimum Gasteiger partial charge on any atom is -0.481 e. The van der Waals surface area contributed by atoms with Gasteiger partial charge in [-0.2, -0.15) is 4.98 Å². The molecule has 8 nitrogen and oxygen atoms in total. The number of anilines is 4. The lowest BCUT2D eigenvalue weighted by Gasteiger charge is -2.39. The van der Waals surface area contributed by atoms with E-state index in [1.165, 1.54) is 6.07 Å². The molecule has 3 aliphatic rings. The van der Waals surface area contributed by atoms with Crippen LogP contribution in [0.2, 0.25) is 0 Å². The molecule has 2 fully saturated rings. The van der Waals surface area contributed by atoms with Crippen molar-refractivity contribution < 1.29 is 13.5 Å². The lowest BCUT2D eigenvalue weighted by Crippen LogP contribution is -2.48. The molecule has 4 heterocycles. The maximum atomic E-state index is 13.8. The van der Waals surface area contributed by atoms with Crippen molar-refractivity contribution in [1.29, 1.82) is 0 Å². The number of piperidine rings is 1. The number of hydrogen-bond donors (Lipinski definition) is 1. The van der Waals surface area contributed by atoms with E-state index in [0.29, 0.717) is 47.9 Å². The highest BCUT2D eigenvalue weighted by atomic mass is 19.2. The molecule has 1 aromatic carbocycles. The van der Waals surface area contributed by atoms with Gasteiger partial charge >= 0.3 is 0 Å². The third kappa shape index (κ3) is 3.70. The lowest BCUT2D eigenvalue weighted by molar-refractivity contribution is 0.374. The molecule has 2 aromatic heterocycles. The predicted octanol–water partition coefficient (Wildman–Crippen LogP) is 3.83. The summed E-state index contributed by atoms with van der Waals surface area (Å²) in [6.07, 6.45) is 4.97. The summed E-state index contributed by atoms with van der Waals surface area (Å²) in [5, 5.41) is 8.32. The fourth-order valence-electron chi connectivity index (χ4n) is 5.65. The summed E-state index contributed by atoms with van der Waals surface area (Å²) >= 11 is 0. The Morgan fingerprint density at radius 1 is 1.00 bits per heavy atom. The molecule has 0 spiro atoms. The first-order chi connectivity index (χ1) is 16.6. The molecule has 0 radical (unpaired) electrons. The molecule has 178 valence electrons. The Morgan fingerprint density at radius 3 is 2.59 bits per heavy atom. The van der Waals surface area contributed by atoms with Crippen LogP contribution in [0, 0.1) is 23.5 Å². The number of fused-ring (bicyclic) bond motifs is 3. The number of halogens is 2. The van der Waals surface area contributed by atoms with E-state index in [0.717, 1.165) is 50.7 Å². The average molecular weight is 468 g/mol. The largest absolute Gasteiger partial charge is 0.481 e. The minimum atomic E-state index is -0.859. The number of ether oxygens (including phenoxy) is 1. The summed E-state index contributed by atoms with van der Waals surface area (Å²) in [5.41, 5.74) is 1.72.